The molecule has 1 saturated carbocycles. The van der Waals surface area contributed by atoms with Gasteiger partial charge in [0.15, 0.2) is 11.6 Å². The Balaban J connectivity index is 1.41. The standard InChI is InChI=1S/C22H21F2N3O/c23-18-8-7-15(11-19(18)24)25-22(28)26-10-9-21-17(13-26)16-3-1-2-4-20(16)27(21)12-14-5-6-14/h1-4,7-8,11,14H,5-6,9-10,12-13H2,(H,25,28). The van der Waals surface area contributed by atoms with E-state index in [0.29, 0.717) is 13.1 Å². The highest BCUT2D eigenvalue weighted by Crippen LogP contribution is 2.36. The van der Waals surface area contributed by atoms with Crippen LogP contribution in [0.15, 0.2) is 42.5 Å². The zero-order chi connectivity index (χ0) is 19.3. The molecule has 6 heteroatoms. The number of carbonyl (C=O) groups excluding carboxylic acids is 1. The molecule has 2 amide bonds. The number of rotatable bonds is 3. The van der Waals surface area contributed by atoms with Crippen LogP contribution in [0.2, 0.25) is 0 Å². The van der Waals surface area contributed by atoms with Crippen molar-refractivity contribution in [3.8, 4) is 0 Å². The van der Waals surface area contributed by atoms with E-state index in [-0.39, 0.29) is 11.7 Å². The van der Waals surface area contributed by atoms with Gasteiger partial charge in [0, 0.05) is 60.0 Å². The number of para-hydroxylation sites is 1. The van der Waals surface area contributed by atoms with Crippen molar-refractivity contribution in [2.24, 2.45) is 5.92 Å². The van der Waals surface area contributed by atoms with E-state index in [1.807, 2.05) is 6.07 Å². The number of amides is 2. The number of nitrogens with zero attached hydrogens (tertiary/aromatic N) is 2. The number of aromatic nitrogens is 1. The molecule has 0 spiro atoms. The van der Waals surface area contributed by atoms with Gasteiger partial charge in [-0.3, -0.25) is 0 Å². The molecule has 2 aromatic carbocycles. The summed E-state index contributed by atoms with van der Waals surface area (Å²) in [4.78, 5) is 14.4. The van der Waals surface area contributed by atoms with E-state index in [1.54, 1.807) is 4.90 Å². The molecule has 28 heavy (non-hydrogen) atoms. The highest BCUT2D eigenvalue weighted by molar-refractivity contribution is 5.91. The first-order valence-corrected chi connectivity index (χ1v) is 9.70. The molecule has 0 atom stereocenters. The average Bonchev–Trinajstić information content (AvgIpc) is 3.47. The molecule has 0 radical (unpaired) electrons. The number of hydrogen-bond donors (Lipinski definition) is 1. The van der Waals surface area contributed by atoms with Crippen molar-refractivity contribution in [2.45, 2.75) is 32.4 Å². The Kier molecular flexibility index (Phi) is 4.07. The third-order valence-electron chi connectivity index (χ3n) is 5.76. The summed E-state index contributed by atoms with van der Waals surface area (Å²) in [7, 11) is 0. The third kappa shape index (κ3) is 3.03. The molecule has 0 saturated heterocycles. The van der Waals surface area contributed by atoms with Crippen LogP contribution in [0.3, 0.4) is 0 Å². The molecule has 5 rings (SSSR count). The van der Waals surface area contributed by atoms with E-state index in [9.17, 15) is 13.6 Å². The van der Waals surface area contributed by atoms with Crippen LogP contribution in [0, 0.1) is 17.6 Å². The molecular formula is C22H21F2N3O. The van der Waals surface area contributed by atoms with Gasteiger partial charge in [-0.25, -0.2) is 13.6 Å². The Bertz CT molecular complexity index is 1070. The Morgan fingerprint density at radius 1 is 1.11 bits per heavy atom. The maximum absolute atomic E-state index is 13.4. The summed E-state index contributed by atoms with van der Waals surface area (Å²) in [6, 6.07) is 11.5. The van der Waals surface area contributed by atoms with Crippen molar-refractivity contribution in [1.29, 1.82) is 0 Å². The normalized spacial score (nSPS) is 16.3. The summed E-state index contributed by atoms with van der Waals surface area (Å²) in [5, 5.41) is 3.88. The fourth-order valence-corrected chi connectivity index (χ4v) is 4.12. The third-order valence-corrected chi connectivity index (χ3v) is 5.76. The maximum atomic E-state index is 13.4. The highest BCUT2D eigenvalue weighted by atomic mass is 19.2. The zero-order valence-electron chi connectivity index (χ0n) is 15.4. The molecule has 2 heterocycles. The number of nitrogens with one attached hydrogen (secondary N) is 1. The quantitative estimate of drug-likeness (QED) is 0.687. The van der Waals surface area contributed by atoms with Gasteiger partial charge >= 0.3 is 6.03 Å². The van der Waals surface area contributed by atoms with Crippen LogP contribution in [-0.4, -0.2) is 22.0 Å². The van der Waals surface area contributed by atoms with Crippen LogP contribution >= 0.6 is 0 Å². The van der Waals surface area contributed by atoms with E-state index in [4.69, 9.17) is 0 Å². The van der Waals surface area contributed by atoms with E-state index in [2.05, 4.69) is 28.1 Å². The van der Waals surface area contributed by atoms with Gasteiger partial charge in [-0.15, -0.1) is 0 Å². The first-order valence-electron chi connectivity index (χ1n) is 9.70. The van der Waals surface area contributed by atoms with Gasteiger partial charge in [-0.2, -0.15) is 0 Å². The number of benzene rings is 2. The van der Waals surface area contributed by atoms with Gasteiger partial charge in [-0.05, 0) is 37.0 Å². The molecule has 0 bridgehead atoms. The van der Waals surface area contributed by atoms with Crippen LogP contribution < -0.4 is 5.32 Å². The average molecular weight is 381 g/mol. The number of anilines is 1. The van der Waals surface area contributed by atoms with Crippen molar-refractivity contribution < 1.29 is 13.6 Å². The lowest BCUT2D eigenvalue weighted by Gasteiger charge is -2.28. The summed E-state index contributed by atoms with van der Waals surface area (Å²) < 4.78 is 29.0. The summed E-state index contributed by atoms with van der Waals surface area (Å²) in [5.74, 6) is -1.12. The van der Waals surface area contributed by atoms with Crippen LogP contribution in [0.5, 0.6) is 0 Å². The largest absolute Gasteiger partial charge is 0.344 e. The number of hydrogen-bond acceptors (Lipinski definition) is 1. The van der Waals surface area contributed by atoms with Crippen LogP contribution in [0.1, 0.15) is 24.1 Å². The summed E-state index contributed by atoms with van der Waals surface area (Å²) in [6.07, 6.45) is 3.38. The first kappa shape index (κ1) is 17.2. The van der Waals surface area contributed by atoms with Crippen molar-refractivity contribution in [2.75, 3.05) is 11.9 Å². The van der Waals surface area contributed by atoms with Crippen molar-refractivity contribution >= 4 is 22.6 Å². The highest BCUT2D eigenvalue weighted by Gasteiger charge is 2.29. The first-order chi connectivity index (χ1) is 13.6. The van der Waals surface area contributed by atoms with Gasteiger partial charge in [0.05, 0.1) is 0 Å². The van der Waals surface area contributed by atoms with E-state index >= 15 is 0 Å². The second-order valence-corrected chi connectivity index (χ2v) is 7.73. The minimum Gasteiger partial charge on any atom is -0.344 e. The molecule has 1 aromatic heterocycles. The molecule has 1 aliphatic heterocycles. The number of carbonyl (C=O) groups is 1. The summed E-state index contributed by atoms with van der Waals surface area (Å²) >= 11 is 0. The Labute approximate surface area is 161 Å². The topological polar surface area (TPSA) is 37.3 Å². The predicted molar refractivity (Wildman–Crippen MR) is 104 cm³/mol. The fourth-order valence-electron chi connectivity index (χ4n) is 4.12. The summed E-state index contributed by atoms with van der Waals surface area (Å²) in [5.41, 5.74) is 4.01. The Hall–Kier alpha value is -2.89. The molecular weight excluding hydrogens is 360 g/mol. The van der Waals surface area contributed by atoms with Crippen LogP contribution in [0.4, 0.5) is 19.3 Å². The van der Waals surface area contributed by atoms with E-state index < -0.39 is 11.6 Å². The zero-order valence-corrected chi connectivity index (χ0v) is 15.4. The van der Waals surface area contributed by atoms with Gasteiger partial charge in [0.2, 0.25) is 0 Å². The minimum absolute atomic E-state index is 0.255. The Morgan fingerprint density at radius 3 is 2.71 bits per heavy atom. The number of fused-ring (bicyclic) bond motifs is 3. The molecule has 2 aliphatic rings. The summed E-state index contributed by atoms with van der Waals surface area (Å²) in [6.45, 7) is 2.17. The van der Waals surface area contributed by atoms with Gasteiger partial charge < -0.3 is 14.8 Å². The van der Waals surface area contributed by atoms with Crippen molar-refractivity contribution in [3.05, 3.63) is 65.4 Å². The molecule has 1 N–H and O–H groups in total. The lowest BCUT2D eigenvalue weighted by Crippen LogP contribution is -2.39. The second-order valence-electron chi connectivity index (χ2n) is 7.73. The van der Waals surface area contributed by atoms with Crippen LogP contribution in [-0.2, 0) is 19.5 Å². The molecule has 3 aromatic rings. The fraction of sp³-hybridized carbons (Fsp3) is 0.318. The molecule has 0 unspecified atom stereocenters. The van der Waals surface area contributed by atoms with Gasteiger partial charge in [0.1, 0.15) is 0 Å². The molecule has 1 fully saturated rings. The molecule has 1 aliphatic carbocycles. The maximum Gasteiger partial charge on any atom is 0.322 e. The SMILES string of the molecule is O=C(Nc1ccc(F)c(F)c1)N1CCc2c(c3ccccc3n2CC2CC2)C1. The minimum atomic E-state index is -0.970. The lowest BCUT2D eigenvalue weighted by molar-refractivity contribution is 0.206. The monoisotopic (exact) mass is 381 g/mol. The lowest BCUT2D eigenvalue weighted by atomic mass is 10.0. The van der Waals surface area contributed by atoms with Crippen LogP contribution in [0.25, 0.3) is 10.9 Å². The smallest absolute Gasteiger partial charge is 0.322 e. The molecule has 4 nitrogen and oxygen atoms in total. The van der Waals surface area contributed by atoms with E-state index in [1.165, 1.54) is 41.1 Å². The van der Waals surface area contributed by atoms with Gasteiger partial charge in [0.25, 0.3) is 0 Å². The second kappa shape index (κ2) is 6.62. The predicted octanol–water partition coefficient (Wildman–Crippen LogP) is 4.92. The number of urea groups is 1. The number of halogens is 2. The van der Waals surface area contributed by atoms with Crippen molar-refractivity contribution in [1.82, 2.24) is 9.47 Å². The molecule has 144 valence electrons. The Morgan fingerprint density at radius 2 is 1.93 bits per heavy atom. The van der Waals surface area contributed by atoms with Crippen molar-refractivity contribution in [3.63, 3.8) is 0 Å². The van der Waals surface area contributed by atoms with E-state index in [0.717, 1.165) is 31.0 Å². The van der Waals surface area contributed by atoms with Gasteiger partial charge in [-0.1, -0.05) is 18.2 Å².